The van der Waals surface area contributed by atoms with E-state index in [0.29, 0.717) is 5.92 Å². The fourth-order valence-electron chi connectivity index (χ4n) is 3.67. The van der Waals surface area contributed by atoms with E-state index in [2.05, 4.69) is 49.1 Å². The Labute approximate surface area is 128 Å². The summed E-state index contributed by atoms with van der Waals surface area (Å²) in [5.74, 6) is 0.553. The van der Waals surface area contributed by atoms with Gasteiger partial charge in [-0.3, -0.25) is 0 Å². The summed E-state index contributed by atoms with van der Waals surface area (Å²) in [5, 5.41) is 9.80. The van der Waals surface area contributed by atoms with Gasteiger partial charge in [0.05, 0.1) is 11.5 Å². The van der Waals surface area contributed by atoms with Crippen molar-refractivity contribution in [2.45, 2.75) is 63.3 Å². The van der Waals surface area contributed by atoms with Crippen LogP contribution in [-0.2, 0) is 5.41 Å². The van der Waals surface area contributed by atoms with Gasteiger partial charge >= 0.3 is 0 Å². The van der Waals surface area contributed by atoms with E-state index in [-0.39, 0.29) is 5.41 Å². The molecule has 2 fully saturated rings. The minimum Gasteiger partial charge on any atom is -0.300 e. The molecule has 0 amide bonds. The maximum absolute atomic E-state index is 9.80. The lowest BCUT2D eigenvalue weighted by atomic mass is 9.73. The van der Waals surface area contributed by atoms with Gasteiger partial charge in [0.25, 0.3) is 0 Å². The zero-order valence-electron chi connectivity index (χ0n) is 13.3. The van der Waals surface area contributed by atoms with Gasteiger partial charge in [-0.25, -0.2) is 0 Å². The first-order valence-corrected chi connectivity index (χ1v) is 8.40. The molecular formula is C19H26N2. The number of hydrogen-bond donors (Lipinski definition) is 0. The SMILES string of the molecule is CC(C)c1ccc(C2(C#N)CCN(C3CCC3)CC2)cc1. The molecule has 1 aliphatic heterocycles. The van der Waals surface area contributed by atoms with E-state index in [4.69, 9.17) is 0 Å². The maximum atomic E-state index is 9.80. The van der Waals surface area contributed by atoms with Gasteiger partial charge in [0.15, 0.2) is 0 Å². The molecular weight excluding hydrogens is 256 g/mol. The number of likely N-dealkylation sites (tertiary alicyclic amines) is 1. The highest BCUT2D eigenvalue weighted by atomic mass is 15.2. The van der Waals surface area contributed by atoms with Crippen LogP contribution in [0.3, 0.4) is 0 Å². The van der Waals surface area contributed by atoms with Gasteiger partial charge in [-0.05, 0) is 42.7 Å². The van der Waals surface area contributed by atoms with Crippen molar-refractivity contribution in [2.24, 2.45) is 0 Å². The second-order valence-corrected chi connectivity index (χ2v) is 7.09. The Hall–Kier alpha value is -1.33. The highest BCUT2D eigenvalue weighted by Crippen LogP contribution is 2.38. The molecule has 1 aromatic carbocycles. The molecule has 0 N–H and O–H groups in total. The van der Waals surface area contributed by atoms with Crippen LogP contribution in [0.15, 0.2) is 24.3 Å². The van der Waals surface area contributed by atoms with Crippen LogP contribution in [0.25, 0.3) is 0 Å². The highest BCUT2D eigenvalue weighted by Gasteiger charge is 2.39. The first kappa shape index (κ1) is 14.6. The Balaban J connectivity index is 1.74. The third kappa shape index (κ3) is 2.72. The maximum Gasteiger partial charge on any atom is 0.0846 e. The van der Waals surface area contributed by atoms with Crippen molar-refractivity contribution in [3.63, 3.8) is 0 Å². The van der Waals surface area contributed by atoms with Gasteiger partial charge in [0.1, 0.15) is 0 Å². The van der Waals surface area contributed by atoms with E-state index in [0.717, 1.165) is 32.0 Å². The topological polar surface area (TPSA) is 27.0 Å². The second-order valence-electron chi connectivity index (χ2n) is 7.09. The molecule has 0 unspecified atom stereocenters. The summed E-state index contributed by atoms with van der Waals surface area (Å²) in [6.45, 7) is 6.60. The number of nitrogens with zero attached hydrogens (tertiary/aromatic N) is 2. The van der Waals surface area contributed by atoms with Gasteiger partial charge in [0, 0.05) is 19.1 Å². The molecule has 2 aliphatic rings. The van der Waals surface area contributed by atoms with E-state index in [1.54, 1.807) is 0 Å². The highest BCUT2D eigenvalue weighted by molar-refractivity contribution is 5.36. The zero-order valence-corrected chi connectivity index (χ0v) is 13.3. The van der Waals surface area contributed by atoms with Crippen molar-refractivity contribution in [3.05, 3.63) is 35.4 Å². The van der Waals surface area contributed by atoms with Crippen molar-refractivity contribution in [3.8, 4) is 6.07 Å². The number of benzene rings is 1. The van der Waals surface area contributed by atoms with Gasteiger partial charge in [0.2, 0.25) is 0 Å². The number of rotatable bonds is 3. The molecule has 0 atom stereocenters. The Bertz CT molecular complexity index is 511. The zero-order chi connectivity index (χ0) is 14.9. The summed E-state index contributed by atoms with van der Waals surface area (Å²) in [7, 11) is 0. The van der Waals surface area contributed by atoms with E-state index < -0.39 is 0 Å². The summed E-state index contributed by atoms with van der Waals surface area (Å²) < 4.78 is 0. The van der Waals surface area contributed by atoms with E-state index in [1.807, 2.05) is 0 Å². The minimum absolute atomic E-state index is 0.254. The fourth-order valence-corrected chi connectivity index (χ4v) is 3.67. The smallest absolute Gasteiger partial charge is 0.0846 e. The van der Waals surface area contributed by atoms with Crippen molar-refractivity contribution >= 4 is 0 Å². The van der Waals surface area contributed by atoms with Gasteiger partial charge in [-0.2, -0.15) is 5.26 Å². The molecule has 1 saturated heterocycles. The van der Waals surface area contributed by atoms with Crippen molar-refractivity contribution in [2.75, 3.05) is 13.1 Å². The molecule has 21 heavy (non-hydrogen) atoms. The van der Waals surface area contributed by atoms with Crippen molar-refractivity contribution < 1.29 is 0 Å². The standard InChI is InChI=1S/C19H26N2/c1-15(2)16-6-8-17(9-7-16)19(14-20)10-12-21(13-11-19)18-4-3-5-18/h6-9,15,18H,3-5,10-13H2,1-2H3. The third-order valence-electron chi connectivity index (χ3n) is 5.59. The molecule has 1 heterocycles. The van der Waals surface area contributed by atoms with E-state index in [1.165, 1.54) is 30.4 Å². The van der Waals surface area contributed by atoms with Crippen LogP contribution in [-0.4, -0.2) is 24.0 Å². The number of piperidine rings is 1. The fraction of sp³-hybridized carbons (Fsp3) is 0.632. The molecule has 0 spiro atoms. The van der Waals surface area contributed by atoms with Crippen molar-refractivity contribution in [1.82, 2.24) is 4.90 Å². The molecule has 1 aliphatic carbocycles. The average Bonchev–Trinajstić information content (AvgIpc) is 2.47. The summed E-state index contributed by atoms with van der Waals surface area (Å²) in [6.07, 6.45) is 6.09. The predicted molar refractivity (Wildman–Crippen MR) is 86.3 cm³/mol. The minimum atomic E-state index is -0.254. The number of hydrogen-bond acceptors (Lipinski definition) is 2. The summed E-state index contributed by atoms with van der Waals surface area (Å²) >= 11 is 0. The largest absolute Gasteiger partial charge is 0.300 e. The van der Waals surface area contributed by atoms with Crippen LogP contribution in [0, 0.1) is 11.3 Å². The van der Waals surface area contributed by atoms with Crippen LogP contribution in [0.2, 0.25) is 0 Å². The normalized spacial score (nSPS) is 22.8. The monoisotopic (exact) mass is 282 g/mol. The van der Waals surface area contributed by atoms with E-state index in [9.17, 15) is 5.26 Å². The van der Waals surface area contributed by atoms with Crippen LogP contribution in [0.1, 0.15) is 63.0 Å². The lowest BCUT2D eigenvalue weighted by Gasteiger charge is -2.44. The Kier molecular flexibility index (Phi) is 4.04. The van der Waals surface area contributed by atoms with Crippen LogP contribution >= 0.6 is 0 Å². The number of nitriles is 1. The Morgan fingerprint density at radius 1 is 1.14 bits per heavy atom. The van der Waals surface area contributed by atoms with E-state index >= 15 is 0 Å². The molecule has 3 rings (SSSR count). The summed E-state index contributed by atoms with van der Waals surface area (Å²) in [5.41, 5.74) is 2.33. The summed E-state index contributed by atoms with van der Waals surface area (Å²) in [6, 6.07) is 12.3. The molecule has 0 aromatic heterocycles. The average molecular weight is 282 g/mol. The van der Waals surface area contributed by atoms with Crippen LogP contribution in [0.5, 0.6) is 0 Å². The van der Waals surface area contributed by atoms with Crippen LogP contribution < -0.4 is 0 Å². The lowest BCUT2D eigenvalue weighted by Crippen LogP contribution is -2.48. The first-order chi connectivity index (χ1) is 10.1. The first-order valence-electron chi connectivity index (χ1n) is 8.40. The predicted octanol–water partition coefficient (Wildman–Crippen LogP) is 4.22. The molecule has 1 aromatic rings. The quantitative estimate of drug-likeness (QED) is 0.830. The lowest BCUT2D eigenvalue weighted by molar-refractivity contribution is 0.0854. The molecule has 0 radical (unpaired) electrons. The molecule has 2 nitrogen and oxygen atoms in total. The van der Waals surface area contributed by atoms with Gasteiger partial charge < -0.3 is 4.90 Å². The van der Waals surface area contributed by atoms with Gasteiger partial charge in [-0.15, -0.1) is 0 Å². The molecule has 2 heteroatoms. The van der Waals surface area contributed by atoms with Crippen LogP contribution in [0.4, 0.5) is 0 Å². The van der Waals surface area contributed by atoms with Crippen molar-refractivity contribution in [1.29, 1.82) is 5.26 Å². The Morgan fingerprint density at radius 2 is 1.76 bits per heavy atom. The Morgan fingerprint density at radius 3 is 2.19 bits per heavy atom. The second kappa shape index (κ2) is 5.81. The third-order valence-corrected chi connectivity index (χ3v) is 5.59. The molecule has 112 valence electrons. The molecule has 0 bridgehead atoms. The summed E-state index contributed by atoms with van der Waals surface area (Å²) in [4.78, 5) is 2.61. The van der Waals surface area contributed by atoms with Gasteiger partial charge in [-0.1, -0.05) is 44.5 Å². The molecule has 1 saturated carbocycles.